The van der Waals surface area contributed by atoms with Crippen LogP contribution in [0.1, 0.15) is 30.7 Å². The fourth-order valence-electron chi connectivity index (χ4n) is 3.03. The van der Waals surface area contributed by atoms with E-state index in [1.54, 1.807) is 0 Å². The second kappa shape index (κ2) is 5.21. The quantitative estimate of drug-likeness (QED) is 0.832. The van der Waals surface area contributed by atoms with Gasteiger partial charge in [0.1, 0.15) is 5.75 Å². The maximum absolute atomic E-state index is 12.7. The van der Waals surface area contributed by atoms with Crippen molar-refractivity contribution in [1.82, 2.24) is 4.90 Å². The molecule has 1 amide bonds. The van der Waals surface area contributed by atoms with Crippen LogP contribution in [0, 0.1) is 0 Å². The van der Waals surface area contributed by atoms with E-state index >= 15 is 0 Å². The molecule has 3 rings (SSSR count). The van der Waals surface area contributed by atoms with Crippen LogP contribution < -0.4 is 10.5 Å². The molecule has 1 saturated heterocycles. The van der Waals surface area contributed by atoms with E-state index in [1.807, 2.05) is 29.2 Å². The Kier molecular flexibility index (Phi) is 3.42. The van der Waals surface area contributed by atoms with Gasteiger partial charge in [0.2, 0.25) is 5.91 Å². The molecule has 19 heavy (non-hydrogen) atoms. The minimum atomic E-state index is -0.0600. The zero-order valence-corrected chi connectivity index (χ0v) is 11.0. The Morgan fingerprint density at radius 1 is 1.32 bits per heavy atom. The normalized spacial score (nSPS) is 26.5. The van der Waals surface area contributed by atoms with Gasteiger partial charge in [-0.1, -0.05) is 18.2 Å². The number of rotatable bonds is 1. The molecule has 0 bridgehead atoms. The number of carbonyl (C=O) groups is 1. The number of likely N-dealkylation sites (tertiary alicyclic amines) is 1. The van der Waals surface area contributed by atoms with Gasteiger partial charge in [0.25, 0.3) is 0 Å². The van der Waals surface area contributed by atoms with E-state index < -0.39 is 0 Å². The molecule has 4 nitrogen and oxygen atoms in total. The van der Waals surface area contributed by atoms with Crippen LogP contribution in [0.4, 0.5) is 0 Å². The molecule has 1 aromatic carbocycles. The molecule has 2 N–H and O–H groups in total. The van der Waals surface area contributed by atoms with Crippen molar-refractivity contribution in [3.63, 3.8) is 0 Å². The molecule has 4 heteroatoms. The third-order valence-electron chi connectivity index (χ3n) is 4.03. The van der Waals surface area contributed by atoms with Crippen molar-refractivity contribution < 1.29 is 9.53 Å². The molecule has 2 unspecified atom stereocenters. The third kappa shape index (κ3) is 2.45. The second-order valence-electron chi connectivity index (χ2n) is 5.41. The van der Waals surface area contributed by atoms with Crippen LogP contribution in [0.25, 0.3) is 0 Å². The lowest BCUT2D eigenvalue weighted by Crippen LogP contribution is -2.47. The summed E-state index contributed by atoms with van der Waals surface area (Å²) in [6, 6.07) is 7.99. The molecule has 0 aliphatic carbocycles. The van der Waals surface area contributed by atoms with E-state index in [-0.39, 0.29) is 17.9 Å². The second-order valence-corrected chi connectivity index (χ2v) is 5.41. The Labute approximate surface area is 113 Å². The number of nitrogens with two attached hydrogens (primary N) is 1. The van der Waals surface area contributed by atoms with Gasteiger partial charge < -0.3 is 15.4 Å². The van der Waals surface area contributed by atoms with E-state index in [0.29, 0.717) is 13.2 Å². The van der Waals surface area contributed by atoms with Crippen LogP contribution in [0.3, 0.4) is 0 Å². The van der Waals surface area contributed by atoms with E-state index in [2.05, 4.69) is 0 Å². The summed E-state index contributed by atoms with van der Waals surface area (Å²) in [6.07, 6.45) is 2.80. The molecule has 0 saturated carbocycles. The fraction of sp³-hybridized carbons (Fsp3) is 0.533. The molecule has 2 atom stereocenters. The molecule has 1 aromatic rings. The van der Waals surface area contributed by atoms with Gasteiger partial charge >= 0.3 is 0 Å². The zero-order valence-electron chi connectivity index (χ0n) is 11.0. The minimum Gasteiger partial charge on any atom is -0.493 e. The lowest BCUT2D eigenvalue weighted by Gasteiger charge is -2.35. The Hall–Kier alpha value is -1.55. The predicted molar refractivity (Wildman–Crippen MR) is 73.1 cm³/mol. The molecule has 2 aliphatic heterocycles. The number of carbonyl (C=O) groups excluding carboxylic acids is 1. The van der Waals surface area contributed by atoms with Gasteiger partial charge in [-0.2, -0.15) is 0 Å². The van der Waals surface area contributed by atoms with Gasteiger partial charge in [0.05, 0.1) is 12.5 Å². The van der Waals surface area contributed by atoms with Crippen molar-refractivity contribution in [2.45, 2.75) is 31.2 Å². The van der Waals surface area contributed by atoms with Gasteiger partial charge in [-0.15, -0.1) is 0 Å². The molecule has 0 spiro atoms. The number of piperidine rings is 1. The van der Waals surface area contributed by atoms with E-state index in [4.69, 9.17) is 10.5 Å². The first-order valence-electron chi connectivity index (χ1n) is 7.02. The molecule has 2 heterocycles. The van der Waals surface area contributed by atoms with Crippen molar-refractivity contribution in [2.24, 2.45) is 5.73 Å². The zero-order chi connectivity index (χ0) is 13.2. The first-order chi connectivity index (χ1) is 9.25. The first-order valence-corrected chi connectivity index (χ1v) is 7.02. The van der Waals surface area contributed by atoms with Crippen LogP contribution in [0.15, 0.2) is 24.3 Å². The highest BCUT2D eigenvalue weighted by Gasteiger charge is 2.32. The summed E-state index contributed by atoms with van der Waals surface area (Å²) < 4.78 is 5.62. The highest BCUT2D eigenvalue weighted by molar-refractivity contribution is 5.85. The number of ether oxygens (including phenoxy) is 1. The van der Waals surface area contributed by atoms with Crippen LogP contribution in [0.5, 0.6) is 5.75 Å². The number of benzene rings is 1. The SMILES string of the molecule is NC1CCCN(C(=O)C2CCOc3ccccc32)C1. The molecular weight excluding hydrogens is 240 g/mol. The summed E-state index contributed by atoms with van der Waals surface area (Å²) in [7, 11) is 0. The highest BCUT2D eigenvalue weighted by Crippen LogP contribution is 2.34. The largest absolute Gasteiger partial charge is 0.493 e. The summed E-state index contributed by atoms with van der Waals surface area (Å²) in [6.45, 7) is 2.15. The minimum absolute atomic E-state index is 0.0600. The molecule has 2 aliphatic rings. The van der Waals surface area contributed by atoms with Gasteiger partial charge in [0.15, 0.2) is 0 Å². The van der Waals surface area contributed by atoms with Crippen LogP contribution in [-0.2, 0) is 4.79 Å². The average Bonchev–Trinajstić information content (AvgIpc) is 2.46. The number of para-hydroxylation sites is 1. The number of hydrogen-bond acceptors (Lipinski definition) is 3. The highest BCUT2D eigenvalue weighted by atomic mass is 16.5. The lowest BCUT2D eigenvalue weighted by atomic mass is 9.91. The standard InChI is InChI=1S/C15H20N2O2/c16-11-4-3-8-17(10-11)15(18)13-7-9-19-14-6-2-1-5-12(13)14/h1-2,5-6,11,13H,3-4,7-10,16H2. The van der Waals surface area contributed by atoms with Crippen molar-refractivity contribution in [3.05, 3.63) is 29.8 Å². The Balaban J connectivity index is 1.81. The first kappa shape index (κ1) is 12.5. The summed E-state index contributed by atoms with van der Waals surface area (Å²) in [5.74, 6) is 1.01. The van der Waals surface area contributed by atoms with E-state index in [9.17, 15) is 4.79 Å². The van der Waals surface area contributed by atoms with Crippen molar-refractivity contribution >= 4 is 5.91 Å². The number of amides is 1. The van der Waals surface area contributed by atoms with E-state index in [1.165, 1.54) is 0 Å². The summed E-state index contributed by atoms with van der Waals surface area (Å²) in [4.78, 5) is 14.6. The molecule has 0 aromatic heterocycles. The lowest BCUT2D eigenvalue weighted by molar-refractivity contribution is -0.134. The Bertz CT molecular complexity index is 475. The maximum atomic E-state index is 12.7. The Morgan fingerprint density at radius 3 is 3.00 bits per heavy atom. The molecule has 0 radical (unpaired) electrons. The summed E-state index contributed by atoms with van der Waals surface area (Å²) >= 11 is 0. The van der Waals surface area contributed by atoms with Gasteiger partial charge in [-0.05, 0) is 25.3 Å². The molecule has 1 fully saturated rings. The third-order valence-corrected chi connectivity index (χ3v) is 4.03. The topological polar surface area (TPSA) is 55.6 Å². The van der Waals surface area contributed by atoms with Gasteiger partial charge in [-0.3, -0.25) is 4.79 Å². The predicted octanol–water partition coefficient (Wildman–Crippen LogP) is 1.50. The molecule has 102 valence electrons. The van der Waals surface area contributed by atoms with Crippen LogP contribution >= 0.6 is 0 Å². The van der Waals surface area contributed by atoms with E-state index in [0.717, 1.165) is 37.1 Å². The maximum Gasteiger partial charge on any atom is 0.230 e. The summed E-state index contributed by atoms with van der Waals surface area (Å²) in [5.41, 5.74) is 6.99. The molecular formula is C15H20N2O2. The number of hydrogen-bond donors (Lipinski definition) is 1. The monoisotopic (exact) mass is 260 g/mol. The summed E-state index contributed by atoms with van der Waals surface area (Å²) in [5, 5.41) is 0. The fourth-order valence-corrected chi connectivity index (χ4v) is 3.03. The van der Waals surface area contributed by atoms with Gasteiger partial charge in [-0.25, -0.2) is 0 Å². The van der Waals surface area contributed by atoms with Crippen LogP contribution in [0.2, 0.25) is 0 Å². The Morgan fingerprint density at radius 2 is 2.16 bits per heavy atom. The van der Waals surface area contributed by atoms with Gasteiger partial charge in [0, 0.05) is 24.7 Å². The smallest absolute Gasteiger partial charge is 0.230 e. The number of nitrogens with zero attached hydrogens (tertiary/aromatic N) is 1. The van der Waals surface area contributed by atoms with Crippen LogP contribution in [-0.4, -0.2) is 36.5 Å². The number of fused-ring (bicyclic) bond motifs is 1. The average molecular weight is 260 g/mol. The van der Waals surface area contributed by atoms with Crippen molar-refractivity contribution in [1.29, 1.82) is 0 Å². The van der Waals surface area contributed by atoms with Crippen molar-refractivity contribution in [3.8, 4) is 5.75 Å². The van der Waals surface area contributed by atoms with Crippen molar-refractivity contribution in [2.75, 3.05) is 19.7 Å².